The van der Waals surface area contributed by atoms with Gasteiger partial charge in [-0.3, -0.25) is 9.63 Å². The number of benzene rings is 2. The Morgan fingerprint density at radius 2 is 1.65 bits per heavy atom. The molecule has 0 bridgehead atoms. The fourth-order valence-corrected chi connectivity index (χ4v) is 3.42. The summed E-state index contributed by atoms with van der Waals surface area (Å²) in [7, 11) is -2.52. The number of carbonyl (C=O) groups excluding carboxylic acids is 1. The predicted molar refractivity (Wildman–Crippen MR) is 103 cm³/mol. The molecular formula is C18H21BrN2O4S. The van der Waals surface area contributed by atoms with Crippen molar-refractivity contribution in [1.82, 2.24) is 10.2 Å². The number of sulfonamides is 1. The van der Waals surface area contributed by atoms with Gasteiger partial charge in [0.1, 0.15) is 0 Å². The maximum Gasteiger partial charge on any atom is 0.262 e. The third kappa shape index (κ3) is 5.14. The van der Waals surface area contributed by atoms with Crippen molar-refractivity contribution in [3.8, 4) is 0 Å². The van der Waals surface area contributed by atoms with Gasteiger partial charge in [0.25, 0.3) is 15.9 Å². The van der Waals surface area contributed by atoms with E-state index in [-0.39, 0.29) is 16.2 Å². The number of carbonyl (C=O) groups is 1. The molecule has 0 aliphatic rings. The molecule has 2 N–H and O–H groups in total. The Bertz CT molecular complexity index is 863. The molecule has 0 spiro atoms. The summed E-state index contributed by atoms with van der Waals surface area (Å²) < 4.78 is 24.6. The van der Waals surface area contributed by atoms with E-state index in [1.54, 1.807) is 0 Å². The summed E-state index contributed by atoms with van der Waals surface area (Å²) >= 11 is 3.41. The molecule has 2 aromatic rings. The van der Waals surface area contributed by atoms with Gasteiger partial charge in [-0.25, -0.2) is 8.42 Å². The third-order valence-electron chi connectivity index (χ3n) is 3.94. The predicted octanol–water partition coefficient (Wildman–Crippen LogP) is 3.00. The van der Waals surface area contributed by atoms with Crippen LogP contribution in [-0.4, -0.2) is 28.0 Å². The smallest absolute Gasteiger partial charge is 0.262 e. The van der Waals surface area contributed by atoms with E-state index in [9.17, 15) is 13.2 Å². The minimum atomic E-state index is -3.74. The monoisotopic (exact) mass is 440 g/mol. The first-order chi connectivity index (χ1) is 12.2. The minimum Gasteiger partial charge on any atom is -0.351 e. The zero-order chi connectivity index (χ0) is 19.4. The fraction of sp³-hybridized carbons (Fsp3) is 0.278. The van der Waals surface area contributed by atoms with E-state index in [1.807, 2.05) is 43.0 Å². The molecule has 1 amide bonds. The molecule has 0 fully saturated rings. The summed E-state index contributed by atoms with van der Waals surface area (Å²) in [6, 6.07) is 13.6. The lowest BCUT2D eigenvalue weighted by atomic mass is 9.84. The SMILES string of the molecule is CONS(=O)(=O)c1ccc(C(=O)NCC(C)(C)c2ccc(Br)cc2)cc1. The van der Waals surface area contributed by atoms with Gasteiger partial charge >= 0.3 is 0 Å². The van der Waals surface area contributed by atoms with Crippen molar-refractivity contribution in [3.63, 3.8) is 0 Å². The Kier molecular flexibility index (Phi) is 6.57. The second kappa shape index (κ2) is 8.30. The molecule has 8 heteroatoms. The van der Waals surface area contributed by atoms with Gasteiger partial charge in [-0.15, -0.1) is 0 Å². The van der Waals surface area contributed by atoms with E-state index in [0.29, 0.717) is 12.1 Å². The second-order valence-electron chi connectivity index (χ2n) is 6.39. The molecule has 0 aromatic heterocycles. The van der Waals surface area contributed by atoms with Crippen molar-refractivity contribution in [1.29, 1.82) is 0 Å². The van der Waals surface area contributed by atoms with E-state index >= 15 is 0 Å². The number of nitrogens with one attached hydrogen (secondary N) is 2. The van der Waals surface area contributed by atoms with Crippen LogP contribution in [0.3, 0.4) is 0 Å². The van der Waals surface area contributed by atoms with Crippen LogP contribution in [0.1, 0.15) is 29.8 Å². The van der Waals surface area contributed by atoms with E-state index in [0.717, 1.165) is 10.0 Å². The summed E-state index contributed by atoms with van der Waals surface area (Å²) in [4.78, 5) is 18.7. The molecule has 140 valence electrons. The van der Waals surface area contributed by atoms with Crippen LogP contribution in [-0.2, 0) is 20.3 Å². The summed E-state index contributed by atoms with van der Waals surface area (Å²) in [6.07, 6.45) is 0. The average Bonchev–Trinajstić information content (AvgIpc) is 2.60. The van der Waals surface area contributed by atoms with Gasteiger partial charge in [-0.2, -0.15) is 0 Å². The lowest BCUT2D eigenvalue weighted by Crippen LogP contribution is -2.36. The van der Waals surface area contributed by atoms with Crippen LogP contribution >= 0.6 is 15.9 Å². The second-order valence-corrected chi connectivity index (χ2v) is 8.95. The molecule has 0 atom stereocenters. The number of amides is 1. The van der Waals surface area contributed by atoms with Gasteiger partial charge in [-0.1, -0.05) is 46.8 Å². The van der Waals surface area contributed by atoms with E-state index in [1.165, 1.54) is 31.4 Å². The van der Waals surface area contributed by atoms with Gasteiger partial charge < -0.3 is 5.32 Å². The molecule has 26 heavy (non-hydrogen) atoms. The molecule has 2 aromatic carbocycles. The number of halogens is 1. The molecule has 0 aliphatic carbocycles. The van der Waals surface area contributed by atoms with Crippen LogP contribution in [0.15, 0.2) is 57.9 Å². The zero-order valence-electron chi connectivity index (χ0n) is 14.7. The highest BCUT2D eigenvalue weighted by atomic mass is 79.9. The van der Waals surface area contributed by atoms with Crippen LogP contribution in [0, 0.1) is 0 Å². The van der Waals surface area contributed by atoms with Gasteiger partial charge in [0.15, 0.2) is 0 Å². The Morgan fingerprint density at radius 3 is 2.19 bits per heavy atom. The fourth-order valence-electron chi connectivity index (χ4n) is 2.35. The summed E-state index contributed by atoms with van der Waals surface area (Å²) in [5.74, 6) is -0.265. The third-order valence-corrected chi connectivity index (χ3v) is 5.74. The molecule has 2 rings (SSSR count). The average molecular weight is 441 g/mol. The van der Waals surface area contributed by atoms with E-state index in [4.69, 9.17) is 0 Å². The molecule has 0 radical (unpaired) electrons. The topological polar surface area (TPSA) is 84.5 Å². The quantitative estimate of drug-likeness (QED) is 0.648. The molecular weight excluding hydrogens is 420 g/mol. The highest BCUT2D eigenvalue weighted by molar-refractivity contribution is 9.10. The molecule has 0 unspecified atom stereocenters. The van der Waals surface area contributed by atoms with Gasteiger partial charge in [-0.05, 0) is 42.0 Å². The number of hydrogen-bond donors (Lipinski definition) is 2. The van der Waals surface area contributed by atoms with E-state index in [2.05, 4.69) is 26.1 Å². The molecule has 6 nitrogen and oxygen atoms in total. The van der Waals surface area contributed by atoms with Crippen molar-refractivity contribution >= 4 is 31.9 Å². The summed E-state index contributed by atoms with van der Waals surface area (Å²) in [5, 5.41) is 2.90. The highest BCUT2D eigenvalue weighted by Gasteiger charge is 2.22. The number of hydrogen-bond acceptors (Lipinski definition) is 4. The lowest BCUT2D eigenvalue weighted by molar-refractivity contribution is 0.0945. The normalized spacial score (nSPS) is 12.0. The standard InChI is InChI=1S/C18H21BrN2O4S/c1-18(2,14-6-8-15(19)9-7-14)12-20-17(22)13-4-10-16(11-5-13)26(23,24)21-25-3/h4-11,21H,12H2,1-3H3,(H,20,22). The Hall–Kier alpha value is -1.74. The van der Waals surface area contributed by atoms with Crippen LogP contribution < -0.4 is 10.2 Å². The first-order valence-electron chi connectivity index (χ1n) is 7.85. The van der Waals surface area contributed by atoms with Crippen LogP contribution in [0.5, 0.6) is 0 Å². The molecule has 0 saturated carbocycles. The van der Waals surface area contributed by atoms with Crippen molar-refractivity contribution in [2.45, 2.75) is 24.2 Å². The van der Waals surface area contributed by atoms with Crippen molar-refractivity contribution in [3.05, 3.63) is 64.1 Å². The highest BCUT2D eigenvalue weighted by Crippen LogP contribution is 2.24. The zero-order valence-corrected chi connectivity index (χ0v) is 17.1. The van der Waals surface area contributed by atoms with Crippen LogP contribution in [0.2, 0.25) is 0 Å². The summed E-state index contributed by atoms with van der Waals surface area (Å²) in [5.41, 5.74) is 1.24. The summed E-state index contributed by atoms with van der Waals surface area (Å²) in [6.45, 7) is 4.53. The largest absolute Gasteiger partial charge is 0.351 e. The maximum atomic E-state index is 12.4. The van der Waals surface area contributed by atoms with Crippen molar-refractivity contribution in [2.24, 2.45) is 0 Å². The van der Waals surface area contributed by atoms with Crippen LogP contribution in [0.25, 0.3) is 0 Å². The Morgan fingerprint density at radius 1 is 1.08 bits per heavy atom. The van der Waals surface area contributed by atoms with Gasteiger partial charge in [0, 0.05) is 22.0 Å². The Labute approximate surface area is 162 Å². The minimum absolute atomic E-state index is 0.0195. The van der Waals surface area contributed by atoms with Gasteiger partial charge in [0.05, 0.1) is 12.0 Å². The first kappa shape index (κ1) is 20.6. The molecule has 0 heterocycles. The Balaban J connectivity index is 2.04. The maximum absolute atomic E-state index is 12.4. The molecule has 0 saturated heterocycles. The van der Waals surface area contributed by atoms with Crippen molar-refractivity contribution < 1.29 is 18.0 Å². The molecule has 0 aliphatic heterocycles. The lowest BCUT2D eigenvalue weighted by Gasteiger charge is -2.25. The first-order valence-corrected chi connectivity index (χ1v) is 10.1. The number of rotatable bonds is 7. The van der Waals surface area contributed by atoms with Crippen molar-refractivity contribution in [2.75, 3.05) is 13.7 Å². The van der Waals surface area contributed by atoms with E-state index < -0.39 is 10.0 Å². The van der Waals surface area contributed by atoms with Crippen LogP contribution in [0.4, 0.5) is 0 Å². The van der Waals surface area contributed by atoms with Gasteiger partial charge in [0.2, 0.25) is 0 Å².